The molecule has 0 aliphatic heterocycles. The molecule has 0 fully saturated rings. The Balaban J connectivity index is 1.93. The summed E-state index contributed by atoms with van der Waals surface area (Å²) < 4.78 is 0. The summed E-state index contributed by atoms with van der Waals surface area (Å²) >= 11 is 0. The average molecular weight is 322 g/mol. The number of hydrogen-bond acceptors (Lipinski definition) is 3. The molecule has 0 radical (unpaired) electrons. The van der Waals surface area contributed by atoms with Gasteiger partial charge in [0, 0.05) is 49.5 Å². The number of carbonyl (C=O) groups excluding carboxylic acids is 1. The van der Waals surface area contributed by atoms with Crippen LogP contribution in [-0.2, 0) is 4.79 Å². The van der Waals surface area contributed by atoms with Crippen molar-refractivity contribution < 1.29 is 4.79 Å². The van der Waals surface area contributed by atoms with Crippen LogP contribution in [0.3, 0.4) is 0 Å². The number of pyridine rings is 1. The van der Waals surface area contributed by atoms with Crippen LogP contribution >= 0.6 is 0 Å². The summed E-state index contributed by atoms with van der Waals surface area (Å²) in [6.45, 7) is 1.99. The summed E-state index contributed by atoms with van der Waals surface area (Å²) in [5.74, 6) is 0.0270. The molecule has 3 aromatic rings. The summed E-state index contributed by atoms with van der Waals surface area (Å²) in [5, 5.41) is 3.88. The summed E-state index contributed by atoms with van der Waals surface area (Å²) in [5.41, 5.74) is 4.83. The van der Waals surface area contributed by atoms with Crippen LogP contribution in [0.25, 0.3) is 22.2 Å². The zero-order valence-corrected chi connectivity index (χ0v) is 14.3. The quantitative estimate of drug-likeness (QED) is 0.745. The highest BCUT2D eigenvalue weighted by molar-refractivity contribution is 6.01. The van der Waals surface area contributed by atoms with Gasteiger partial charge in [-0.15, -0.1) is 0 Å². The number of hydrogen-bond donors (Lipinski definition) is 2. The number of nitrogens with zero attached hydrogens (tertiary/aromatic N) is 2. The van der Waals surface area contributed by atoms with E-state index in [4.69, 9.17) is 0 Å². The fourth-order valence-corrected chi connectivity index (χ4v) is 2.66. The number of rotatable bonds is 5. The Labute approximate surface area is 141 Å². The van der Waals surface area contributed by atoms with Gasteiger partial charge in [0.1, 0.15) is 5.65 Å². The Morgan fingerprint density at radius 1 is 1.21 bits per heavy atom. The number of H-pyrrole nitrogens is 1. The fourth-order valence-electron chi connectivity index (χ4n) is 2.66. The average Bonchev–Trinajstić information content (AvgIpc) is 2.97. The summed E-state index contributed by atoms with van der Waals surface area (Å²) in [7, 11) is 4.04. The van der Waals surface area contributed by atoms with Gasteiger partial charge in [-0.05, 0) is 30.2 Å². The lowest BCUT2D eigenvalue weighted by molar-refractivity contribution is -0.116. The smallest absolute Gasteiger partial charge is 0.224 e. The molecule has 5 heteroatoms. The van der Waals surface area contributed by atoms with Gasteiger partial charge in [-0.2, -0.15) is 0 Å². The molecule has 0 bridgehead atoms. The molecule has 0 aliphatic carbocycles. The fraction of sp³-hybridized carbons (Fsp3) is 0.263. The number of fused-ring (bicyclic) bond motifs is 1. The van der Waals surface area contributed by atoms with Gasteiger partial charge in [0.2, 0.25) is 5.91 Å². The van der Waals surface area contributed by atoms with Crippen LogP contribution in [-0.4, -0.2) is 30.0 Å². The van der Waals surface area contributed by atoms with Crippen molar-refractivity contribution in [1.29, 1.82) is 0 Å². The van der Waals surface area contributed by atoms with Crippen molar-refractivity contribution in [3.63, 3.8) is 0 Å². The Morgan fingerprint density at radius 3 is 2.62 bits per heavy atom. The van der Waals surface area contributed by atoms with Crippen molar-refractivity contribution in [2.24, 2.45) is 0 Å². The van der Waals surface area contributed by atoms with Crippen LogP contribution in [0.15, 0.2) is 42.7 Å². The molecule has 2 aromatic heterocycles. The number of anilines is 2. The second-order valence-corrected chi connectivity index (χ2v) is 6.06. The van der Waals surface area contributed by atoms with E-state index in [0.717, 1.165) is 40.0 Å². The number of amides is 1. The predicted molar refractivity (Wildman–Crippen MR) is 99.4 cm³/mol. The van der Waals surface area contributed by atoms with Crippen molar-refractivity contribution in [1.82, 2.24) is 9.97 Å². The normalized spacial score (nSPS) is 10.8. The number of carbonyl (C=O) groups is 1. The largest absolute Gasteiger partial charge is 0.378 e. The molecule has 0 aliphatic rings. The monoisotopic (exact) mass is 322 g/mol. The van der Waals surface area contributed by atoms with E-state index < -0.39 is 0 Å². The van der Waals surface area contributed by atoms with E-state index in [9.17, 15) is 4.79 Å². The Hall–Kier alpha value is -2.82. The van der Waals surface area contributed by atoms with Crippen molar-refractivity contribution in [2.45, 2.75) is 19.8 Å². The van der Waals surface area contributed by atoms with E-state index in [0.29, 0.717) is 6.42 Å². The minimum Gasteiger partial charge on any atom is -0.378 e. The van der Waals surface area contributed by atoms with E-state index in [-0.39, 0.29) is 5.91 Å². The van der Waals surface area contributed by atoms with Gasteiger partial charge in [0.05, 0.1) is 5.69 Å². The Morgan fingerprint density at radius 2 is 1.96 bits per heavy atom. The first-order valence-corrected chi connectivity index (χ1v) is 8.13. The zero-order valence-electron chi connectivity index (χ0n) is 14.3. The van der Waals surface area contributed by atoms with Crippen molar-refractivity contribution in [3.05, 3.63) is 42.7 Å². The number of aromatic nitrogens is 2. The lowest BCUT2D eigenvalue weighted by Crippen LogP contribution is -2.10. The van der Waals surface area contributed by atoms with E-state index in [1.54, 1.807) is 6.20 Å². The van der Waals surface area contributed by atoms with E-state index in [1.807, 2.05) is 27.2 Å². The van der Waals surface area contributed by atoms with Gasteiger partial charge < -0.3 is 15.2 Å². The van der Waals surface area contributed by atoms with Crippen LogP contribution in [0, 0.1) is 0 Å². The van der Waals surface area contributed by atoms with Gasteiger partial charge in [-0.25, -0.2) is 4.98 Å². The van der Waals surface area contributed by atoms with Crippen molar-refractivity contribution in [3.8, 4) is 11.1 Å². The Bertz CT molecular complexity index is 849. The van der Waals surface area contributed by atoms with Gasteiger partial charge >= 0.3 is 0 Å². The number of benzene rings is 1. The topological polar surface area (TPSA) is 61.0 Å². The van der Waals surface area contributed by atoms with Crippen LogP contribution in [0.2, 0.25) is 0 Å². The molecule has 2 heterocycles. The molecule has 0 saturated heterocycles. The molecule has 0 atom stereocenters. The number of aromatic amines is 1. The lowest BCUT2D eigenvalue weighted by atomic mass is 10.1. The highest BCUT2D eigenvalue weighted by Gasteiger charge is 2.10. The molecule has 0 spiro atoms. The standard InChI is InChI=1S/C19H22N4O/c1-4-5-18(24)22-17-12-21-19-16(17)10-14(11-20-19)13-6-8-15(9-7-13)23(2)3/h6-12H,4-5H2,1-3H3,(H,20,21)(H,22,24). The molecule has 124 valence electrons. The Kier molecular flexibility index (Phi) is 4.51. The number of nitrogens with one attached hydrogen (secondary N) is 2. The third kappa shape index (κ3) is 3.25. The molecule has 1 aromatic carbocycles. The zero-order chi connectivity index (χ0) is 17.1. The van der Waals surface area contributed by atoms with Crippen LogP contribution in [0.4, 0.5) is 11.4 Å². The third-order valence-corrected chi connectivity index (χ3v) is 4.00. The first kappa shape index (κ1) is 16.1. The molecule has 5 nitrogen and oxygen atoms in total. The minimum absolute atomic E-state index is 0.0270. The highest BCUT2D eigenvalue weighted by Crippen LogP contribution is 2.28. The SMILES string of the molecule is CCCC(=O)Nc1c[nH]c2ncc(-c3ccc(N(C)C)cc3)cc12. The van der Waals surface area contributed by atoms with Crippen molar-refractivity contribution >= 4 is 28.3 Å². The minimum atomic E-state index is 0.0270. The summed E-state index contributed by atoms with van der Waals surface area (Å²) in [6, 6.07) is 10.4. The molecular formula is C19H22N4O. The lowest BCUT2D eigenvalue weighted by Gasteiger charge is -2.12. The summed E-state index contributed by atoms with van der Waals surface area (Å²) in [6.07, 6.45) is 4.99. The first-order valence-electron chi connectivity index (χ1n) is 8.13. The summed E-state index contributed by atoms with van der Waals surface area (Å²) in [4.78, 5) is 21.5. The maximum atomic E-state index is 11.9. The third-order valence-electron chi connectivity index (χ3n) is 4.00. The predicted octanol–water partition coefficient (Wildman–Crippen LogP) is 4.03. The van der Waals surface area contributed by atoms with E-state index >= 15 is 0 Å². The second kappa shape index (κ2) is 6.74. The van der Waals surface area contributed by atoms with Crippen LogP contribution < -0.4 is 10.2 Å². The first-order chi connectivity index (χ1) is 11.6. The molecule has 0 unspecified atom stereocenters. The van der Waals surface area contributed by atoms with Gasteiger partial charge in [-0.3, -0.25) is 4.79 Å². The van der Waals surface area contributed by atoms with Gasteiger partial charge in [-0.1, -0.05) is 19.1 Å². The molecule has 24 heavy (non-hydrogen) atoms. The second-order valence-electron chi connectivity index (χ2n) is 6.06. The highest BCUT2D eigenvalue weighted by atomic mass is 16.1. The molecule has 3 rings (SSSR count). The van der Waals surface area contributed by atoms with Crippen LogP contribution in [0.1, 0.15) is 19.8 Å². The van der Waals surface area contributed by atoms with E-state index in [1.165, 1.54) is 0 Å². The molecule has 1 amide bonds. The maximum absolute atomic E-state index is 11.9. The molecule has 2 N–H and O–H groups in total. The van der Waals surface area contributed by atoms with Crippen molar-refractivity contribution in [2.75, 3.05) is 24.3 Å². The van der Waals surface area contributed by atoms with Gasteiger partial charge in [0.15, 0.2) is 0 Å². The molecular weight excluding hydrogens is 300 g/mol. The van der Waals surface area contributed by atoms with E-state index in [2.05, 4.69) is 50.5 Å². The molecule has 0 saturated carbocycles. The van der Waals surface area contributed by atoms with Crippen LogP contribution in [0.5, 0.6) is 0 Å². The van der Waals surface area contributed by atoms with Gasteiger partial charge in [0.25, 0.3) is 0 Å². The maximum Gasteiger partial charge on any atom is 0.224 e.